The highest BCUT2D eigenvalue weighted by atomic mass is 16.4. The van der Waals surface area contributed by atoms with Crippen molar-refractivity contribution in [1.29, 1.82) is 0 Å². The number of benzene rings is 3. The fourth-order valence-corrected chi connectivity index (χ4v) is 4.77. The van der Waals surface area contributed by atoms with Gasteiger partial charge in [0, 0.05) is 12.6 Å². The monoisotopic (exact) mass is 452 g/mol. The van der Waals surface area contributed by atoms with Gasteiger partial charge in [0.25, 0.3) is 0 Å². The summed E-state index contributed by atoms with van der Waals surface area (Å²) in [5.74, 6) is -0.704. The molecule has 4 rings (SSSR count). The number of hydrogen-bond donors (Lipinski definition) is 1. The van der Waals surface area contributed by atoms with Crippen molar-refractivity contribution in [3.05, 3.63) is 126 Å². The van der Waals surface area contributed by atoms with E-state index in [0.717, 1.165) is 44.2 Å². The number of aliphatic carboxylic acids is 1. The minimum atomic E-state index is -0.704. The molecule has 3 aromatic carbocycles. The summed E-state index contributed by atoms with van der Waals surface area (Å²) in [6.45, 7) is 0. The van der Waals surface area contributed by atoms with Crippen molar-refractivity contribution in [2.24, 2.45) is 0 Å². The molecule has 0 aliphatic heterocycles. The molecule has 0 aliphatic rings. The van der Waals surface area contributed by atoms with Crippen LogP contribution in [-0.2, 0) is 16.8 Å². The molecule has 4 aromatic rings. The third kappa shape index (κ3) is 5.28. The summed E-state index contributed by atoms with van der Waals surface area (Å²) in [4.78, 5) is 15.5. The van der Waals surface area contributed by atoms with Gasteiger partial charge in [-0.25, -0.2) is 4.98 Å². The highest BCUT2D eigenvalue weighted by Crippen LogP contribution is 2.40. The second-order valence-corrected chi connectivity index (χ2v) is 8.74. The summed E-state index contributed by atoms with van der Waals surface area (Å²) < 4.78 is 2.26. The summed E-state index contributed by atoms with van der Waals surface area (Å²) in [6, 6.07) is 31.9. The zero-order chi connectivity index (χ0) is 23.6. The van der Waals surface area contributed by atoms with Crippen LogP contribution in [0.2, 0.25) is 0 Å². The maximum Gasteiger partial charge on any atom is 0.303 e. The lowest BCUT2D eigenvalue weighted by atomic mass is 9.77. The molecule has 1 heterocycles. The van der Waals surface area contributed by atoms with Gasteiger partial charge in [0.05, 0.1) is 12.0 Å². The number of carboxylic acid groups (broad SMARTS) is 1. The van der Waals surface area contributed by atoms with Gasteiger partial charge in [0.15, 0.2) is 0 Å². The summed E-state index contributed by atoms with van der Waals surface area (Å²) in [5.41, 5.74) is 4.13. The van der Waals surface area contributed by atoms with Crippen LogP contribution < -0.4 is 0 Å². The van der Waals surface area contributed by atoms with Crippen LogP contribution in [0.5, 0.6) is 0 Å². The summed E-state index contributed by atoms with van der Waals surface area (Å²) in [7, 11) is 0. The molecule has 174 valence electrons. The van der Waals surface area contributed by atoms with Gasteiger partial charge in [-0.1, -0.05) is 110 Å². The van der Waals surface area contributed by atoms with E-state index < -0.39 is 11.5 Å². The molecule has 0 unspecified atom stereocenters. The van der Waals surface area contributed by atoms with Gasteiger partial charge >= 0.3 is 5.97 Å². The van der Waals surface area contributed by atoms with E-state index in [0.29, 0.717) is 0 Å². The molecule has 1 N–H and O–H groups in total. The van der Waals surface area contributed by atoms with Crippen molar-refractivity contribution in [3.8, 4) is 0 Å². The first-order valence-electron chi connectivity index (χ1n) is 12.1. The molecule has 0 bridgehead atoms. The number of aryl methyl sites for hydroxylation is 1. The minimum Gasteiger partial charge on any atom is -0.481 e. The first kappa shape index (κ1) is 23.5. The lowest BCUT2D eigenvalue weighted by Crippen LogP contribution is -2.36. The van der Waals surface area contributed by atoms with Gasteiger partial charge in [0.1, 0.15) is 5.54 Å². The second kappa shape index (κ2) is 11.5. The number of hydrogen-bond acceptors (Lipinski definition) is 2. The molecule has 0 atom stereocenters. The van der Waals surface area contributed by atoms with E-state index >= 15 is 0 Å². The fourth-order valence-electron chi connectivity index (χ4n) is 4.77. The van der Waals surface area contributed by atoms with E-state index in [2.05, 4.69) is 102 Å². The van der Waals surface area contributed by atoms with Crippen LogP contribution in [0, 0.1) is 0 Å². The van der Waals surface area contributed by atoms with Crippen molar-refractivity contribution in [1.82, 2.24) is 9.55 Å². The van der Waals surface area contributed by atoms with E-state index in [4.69, 9.17) is 10.1 Å². The molecule has 4 nitrogen and oxygen atoms in total. The molecule has 34 heavy (non-hydrogen) atoms. The molecule has 4 heteroatoms. The number of aromatic nitrogens is 2. The van der Waals surface area contributed by atoms with Crippen LogP contribution in [0.1, 0.15) is 60.9 Å². The Morgan fingerprint density at radius 3 is 1.68 bits per heavy atom. The molecule has 0 saturated carbocycles. The van der Waals surface area contributed by atoms with Crippen molar-refractivity contribution >= 4 is 5.97 Å². The largest absolute Gasteiger partial charge is 0.481 e. The molecule has 0 spiro atoms. The maximum atomic E-state index is 10.7. The molecule has 0 saturated heterocycles. The SMILES string of the molecule is O=C(O)CCCCCCCc1cn(C(c2ccccc2)(c2ccccc2)c2ccccc2)cn1. The number of carboxylic acids is 1. The van der Waals surface area contributed by atoms with Gasteiger partial charge in [-0.3, -0.25) is 4.79 Å². The topological polar surface area (TPSA) is 55.1 Å². The van der Waals surface area contributed by atoms with Gasteiger partial charge in [0.2, 0.25) is 0 Å². The van der Waals surface area contributed by atoms with Gasteiger partial charge < -0.3 is 9.67 Å². The average molecular weight is 453 g/mol. The third-order valence-corrected chi connectivity index (χ3v) is 6.42. The predicted molar refractivity (Wildman–Crippen MR) is 136 cm³/mol. The normalized spacial score (nSPS) is 11.4. The number of nitrogens with zero attached hydrogens (tertiary/aromatic N) is 2. The predicted octanol–water partition coefficient (Wildman–Crippen LogP) is 6.69. The van der Waals surface area contributed by atoms with Crippen LogP contribution in [0.4, 0.5) is 0 Å². The van der Waals surface area contributed by atoms with E-state index in [1.165, 1.54) is 16.7 Å². The number of imidazole rings is 1. The summed E-state index contributed by atoms with van der Waals surface area (Å²) in [6.07, 6.45) is 10.3. The van der Waals surface area contributed by atoms with E-state index in [1.54, 1.807) is 0 Å². The Kier molecular flexibility index (Phi) is 7.92. The minimum absolute atomic E-state index is 0.269. The van der Waals surface area contributed by atoms with Crippen LogP contribution in [0.25, 0.3) is 0 Å². The van der Waals surface area contributed by atoms with Crippen molar-refractivity contribution in [3.63, 3.8) is 0 Å². The Morgan fingerprint density at radius 2 is 1.18 bits per heavy atom. The molecule has 0 amide bonds. The van der Waals surface area contributed by atoms with Crippen LogP contribution in [0.3, 0.4) is 0 Å². The molecule has 0 fully saturated rings. The van der Waals surface area contributed by atoms with Crippen LogP contribution in [-0.4, -0.2) is 20.6 Å². The second-order valence-electron chi connectivity index (χ2n) is 8.74. The first-order valence-corrected chi connectivity index (χ1v) is 12.1. The molecule has 1 aromatic heterocycles. The zero-order valence-electron chi connectivity index (χ0n) is 19.5. The number of carbonyl (C=O) groups is 1. The Morgan fingerprint density at radius 1 is 0.706 bits per heavy atom. The van der Waals surface area contributed by atoms with E-state index in [-0.39, 0.29) is 6.42 Å². The number of unbranched alkanes of at least 4 members (excludes halogenated alkanes) is 4. The molecular formula is C30H32N2O2. The van der Waals surface area contributed by atoms with E-state index in [9.17, 15) is 4.79 Å². The first-order chi connectivity index (χ1) is 16.7. The fraction of sp³-hybridized carbons (Fsp3) is 0.267. The van der Waals surface area contributed by atoms with Crippen molar-refractivity contribution in [2.45, 2.75) is 50.5 Å². The summed E-state index contributed by atoms with van der Waals surface area (Å²) >= 11 is 0. The van der Waals surface area contributed by atoms with Gasteiger partial charge in [-0.2, -0.15) is 0 Å². The van der Waals surface area contributed by atoms with Crippen molar-refractivity contribution < 1.29 is 9.90 Å². The average Bonchev–Trinajstić information content (AvgIpc) is 3.35. The third-order valence-electron chi connectivity index (χ3n) is 6.42. The van der Waals surface area contributed by atoms with Gasteiger partial charge in [-0.15, -0.1) is 0 Å². The Labute approximate surface area is 201 Å². The number of rotatable bonds is 12. The Bertz CT molecular complexity index is 1060. The lowest BCUT2D eigenvalue weighted by molar-refractivity contribution is -0.137. The quantitative estimate of drug-likeness (QED) is 0.192. The maximum absolute atomic E-state index is 10.7. The van der Waals surface area contributed by atoms with Gasteiger partial charge in [-0.05, 0) is 36.0 Å². The Hall–Kier alpha value is -3.66. The highest BCUT2D eigenvalue weighted by molar-refractivity contribution is 5.66. The van der Waals surface area contributed by atoms with E-state index in [1.807, 2.05) is 6.33 Å². The van der Waals surface area contributed by atoms with Crippen LogP contribution in [0.15, 0.2) is 104 Å². The van der Waals surface area contributed by atoms with Crippen molar-refractivity contribution in [2.75, 3.05) is 0 Å². The molecule has 0 radical (unpaired) electrons. The lowest BCUT2D eigenvalue weighted by Gasteiger charge is -2.37. The highest BCUT2D eigenvalue weighted by Gasteiger charge is 2.38. The summed E-state index contributed by atoms with van der Waals surface area (Å²) in [5, 5.41) is 8.77. The molecule has 0 aliphatic carbocycles. The Balaban J connectivity index is 1.63. The standard InChI is InChI=1S/C30H32N2O2/c33-29(34)22-14-3-1-2-13-21-28-23-32(24-31-28)30(25-15-7-4-8-16-25,26-17-9-5-10-18-26)27-19-11-6-12-20-27/h4-12,15-20,23-24H,1-3,13-14,21-22H2,(H,33,34). The molecular weight excluding hydrogens is 420 g/mol. The smallest absolute Gasteiger partial charge is 0.303 e. The zero-order valence-corrected chi connectivity index (χ0v) is 19.5. The van der Waals surface area contributed by atoms with Crippen LogP contribution >= 0.6 is 0 Å².